The molecule has 1 aliphatic carbocycles. The lowest BCUT2D eigenvalue weighted by Gasteiger charge is -2.56. The van der Waals surface area contributed by atoms with E-state index in [1.165, 1.54) is 0 Å². The van der Waals surface area contributed by atoms with E-state index in [1.807, 2.05) is 41.3 Å². The molecule has 0 radical (unpaired) electrons. The van der Waals surface area contributed by atoms with Gasteiger partial charge in [0.25, 0.3) is 0 Å². The molecule has 2 aromatic rings. The minimum atomic E-state index is -0.810. The molecule has 5 heteroatoms. The third kappa shape index (κ3) is 3.14. The fourth-order valence-corrected chi connectivity index (χ4v) is 6.50. The summed E-state index contributed by atoms with van der Waals surface area (Å²) in [5.74, 6) is -0.421. The molecule has 4 atom stereocenters. The van der Waals surface area contributed by atoms with Gasteiger partial charge in [0.15, 0.2) is 10.1 Å². The number of likely N-dealkylation sites (tertiary alicyclic amines) is 1. The van der Waals surface area contributed by atoms with Crippen LogP contribution < -0.4 is 0 Å². The Morgan fingerprint density at radius 2 is 1.63 bits per heavy atom. The highest BCUT2D eigenvalue weighted by molar-refractivity contribution is 9.10. The van der Waals surface area contributed by atoms with Gasteiger partial charge in [-0.25, -0.2) is 0 Å². The van der Waals surface area contributed by atoms with E-state index in [2.05, 4.69) is 47.1 Å². The number of carbonyl (C=O) groups is 1. The quantitative estimate of drug-likeness (QED) is 0.436. The molecule has 1 spiro atoms. The van der Waals surface area contributed by atoms with Gasteiger partial charge in [-0.2, -0.15) is 0 Å². The van der Waals surface area contributed by atoms with Crippen LogP contribution in [0.4, 0.5) is 0 Å². The molecule has 30 heavy (non-hydrogen) atoms. The number of rotatable bonds is 5. The van der Waals surface area contributed by atoms with Gasteiger partial charge in [-0.3, -0.25) is 4.79 Å². The SMILES string of the molecule is CC[C@@H]1OC2(CCCC2)O[C@@H]1[C@]1(Br)C(=O)N(Cc2ccccc2)[C@H]1c1ccccc1. The van der Waals surface area contributed by atoms with Crippen LogP contribution in [0.5, 0.6) is 0 Å². The number of alkyl halides is 1. The molecule has 2 saturated heterocycles. The van der Waals surface area contributed by atoms with E-state index < -0.39 is 10.1 Å². The van der Waals surface area contributed by atoms with Crippen molar-refractivity contribution in [1.82, 2.24) is 4.90 Å². The average Bonchev–Trinajstić information content (AvgIpc) is 3.41. The zero-order chi connectivity index (χ0) is 20.8. The van der Waals surface area contributed by atoms with Gasteiger partial charge in [-0.15, -0.1) is 0 Å². The fourth-order valence-electron chi connectivity index (χ4n) is 5.37. The molecule has 1 amide bonds. The zero-order valence-corrected chi connectivity index (χ0v) is 18.9. The topological polar surface area (TPSA) is 38.8 Å². The van der Waals surface area contributed by atoms with Crippen LogP contribution in [0.2, 0.25) is 0 Å². The molecule has 3 aliphatic rings. The number of nitrogens with zero attached hydrogens (tertiary/aromatic N) is 1. The molecule has 4 nitrogen and oxygen atoms in total. The highest BCUT2D eigenvalue weighted by atomic mass is 79.9. The van der Waals surface area contributed by atoms with E-state index in [9.17, 15) is 4.79 Å². The van der Waals surface area contributed by atoms with Gasteiger partial charge < -0.3 is 14.4 Å². The maximum absolute atomic E-state index is 13.7. The van der Waals surface area contributed by atoms with Crippen molar-refractivity contribution >= 4 is 21.8 Å². The number of benzene rings is 2. The molecular weight excluding hydrogens is 442 g/mol. The summed E-state index contributed by atoms with van der Waals surface area (Å²) in [5, 5.41) is 0. The van der Waals surface area contributed by atoms with E-state index in [0.29, 0.717) is 6.54 Å². The van der Waals surface area contributed by atoms with Gasteiger partial charge in [-0.1, -0.05) is 83.5 Å². The molecule has 1 saturated carbocycles. The molecular formula is C25H28BrNO3. The largest absolute Gasteiger partial charge is 0.344 e. The number of carbonyl (C=O) groups excluding carboxylic acids is 1. The molecule has 158 valence electrons. The van der Waals surface area contributed by atoms with Gasteiger partial charge in [0.2, 0.25) is 5.91 Å². The first kappa shape index (κ1) is 20.2. The van der Waals surface area contributed by atoms with Crippen molar-refractivity contribution in [3.05, 3.63) is 71.8 Å². The van der Waals surface area contributed by atoms with Crippen molar-refractivity contribution < 1.29 is 14.3 Å². The van der Waals surface area contributed by atoms with Gasteiger partial charge in [-0.05, 0) is 30.4 Å². The monoisotopic (exact) mass is 469 g/mol. The van der Waals surface area contributed by atoms with E-state index in [-0.39, 0.29) is 24.2 Å². The number of amides is 1. The number of halogens is 1. The van der Waals surface area contributed by atoms with Crippen LogP contribution in [-0.4, -0.2) is 33.1 Å². The molecule has 0 unspecified atom stereocenters. The first-order chi connectivity index (χ1) is 14.6. The van der Waals surface area contributed by atoms with Crippen LogP contribution in [-0.2, 0) is 20.8 Å². The average molecular weight is 470 g/mol. The number of hydrogen-bond acceptors (Lipinski definition) is 3. The van der Waals surface area contributed by atoms with Crippen molar-refractivity contribution in [1.29, 1.82) is 0 Å². The molecule has 3 fully saturated rings. The predicted octanol–water partition coefficient (Wildman–Crippen LogP) is 5.37. The minimum absolute atomic E-state index is 0.0855. The lowest BCUT2D eigenvalue weighted by atomic mass is 9.76. The summed E-state index contributed by atoms with van der Waals surface area (Å²) < 4.78 is 12.3. The van der Waals surface area contributed by atoms with Gasteiger partial charge in [0.1, 0.15) is 6.10 Å². The summed E-state index contributed by atoms with van der Waals surface area (Å²) in [5.41, 5.74) is 2.25. The zero-order valence-electron chi connectivity index (χ0n) is 17.3. The number of ether oxygens (including phenoxy) is 2. The summed E-state index contributed by atoms with van der Waals surface area (Å²) in [6.07, 6.45) is 4.51. The van der Waals surface area contributed by atoms with Gasteiger partial charge >= 0.3 is 0 Å². The van der Waals surface area contributed by atoms with Crippen molar-refractivity contribution in [2.45, 2.75) is 73.9 Å². The summed E-state index contributed by atoms with van der Waals surface area (Å²) in [6, 6.07) is 20.4. The van der Waals surface area contributed by atoms with E-state index in [1.54, 1.807) is 0 Å². The van der Waals surface area contributed by atoms with Crippen LogP contribution in [0.25, 0.3) is 0 Å². The highest BCUT2D eigenvalue weighted by Gasteiger charge is 2.69. The highest BCUT2D eigenvalue weighted by Crippen LogP contribution is 2.57. The van der Waals surface area contributed by atoms with Crippen LogP contribution in [0.1, 0.15) is 56.2 Å². The summed E-state index contributed by atoms with van der Waals surface area (Å²) >= 11 is 3.93. The second kappa shape index (κ2) is 7.77. The third-order valence-corrected chi connectivity index (χ3v) is 8.06. The van der Waals surface area contributed by atoms with Gasteiger partial charge in [0.05, 0.1) is 12.1 Å². The van der Waals surface area contributed by atoms with Crippen molar-refractivity contribution in [2.75, 3.05) is 0 Å². The number of β-lactam (4-membered cyclic amide) rings is 1. The minimum Gasteiger partial charge on any atom is -0.344 e. The normalized spacial score (nSPS) is 32.5. The maximum atomic E-state index is 13.7. The van der Waals surface area contributed by atoms with Crippen LogP contribution in [0.15, 0.2) is 60.7 Å². The lowest BCUT2D eigenvalue weighted by molar-refractivity contribution is -0.184. The third-order valence-electron chi connectivity index (χ3n) is 6.84. The van der Waals surface area contributed by atoms with E-state index in [4.69, 9.17) is 9.47 Å². The Bertz CT molecular complexity index is 899. The Kier molecular flexibility index (Phi) is 5.24. The molecule has 2 heterocycles. The van der Waals surface area contributed by atoms with Crippen LogP contribution >= 0.6 is 15.9 Å². The van der Waals surface area contributed by atoms with Gasteiger partial charge in [0, 0.05) is 19.4 Å². The van der Waals surface area contributed by atoms with Crippen molar-refractivity contribution in [3.63, 3.8) is 0 Å². The standard InChI is InChI=1S/C25H28BrNO3/c1-2-20-22(30-24(29-20)15-9-10-16-24)25(26)21(19-13-7-4-8-14-19)27(23(25)28)17-18-11-5-3-6-12-18/h3-8,11-14,20-22H,2,9-10,15-17H2,1H3/t20-,21-,22-,25-/m0/s1. The first-order valence-corrected chi connectivity index (χ1v) is 11.8. The molecule has 0 bridgehead atoms. The molecule has 2 aromatic carbocycles. The maximum Gasteiger partial charge on any atom is 0.245 e. The number of hydrogen-bond donors (Lipinski definition) is 0. The van der Waals surface area contributed by atoms with Crippen molar-refractivity contribution in [3.8, 4) is 0 Å². The second-order valence-electron chi connectivity index (χ2n) is 8.72. The summed E-state index contributed by atoms with van der Waals surface area (Å²) in [7, 11) is 0. The molecule has 0 N–H and O–H groups in total. The Hall–Kier alpha value is -1.69. The fraction of sp³-hybridized carbons (Fsp3) is 0.480. The molecule has 0 aromatic heterocycles. The Balaban J connectivity index is 1.50. The van der Waals surface area contributed by atoms with Crippen molar-refractivity contribution in [2.24, 2.45) is 0 Å². The summed E-state index contributed by atoms with van der Waals surface area (Å²) in [4.78, 5) is 15.6. The van der Waals surface area contributed by atoms with E-state index in [0.717, 1.165) is 43.2 Å². The smallest absolute Gasteiger partial charge is 0.245 e. The Morgan fingerprint density at radius 3 is 2.27 bits per heavy atom. The second-order valence-corrected chi connectivity index (χ2v) is 10.0. The van der Waals surface area contributed by atoms with Crippen LogP contribution in [0, 0.1) is 0 Å². The van der Waals surface area contributed by atoms with Crippen LogP contribution in [0.3, 0.4) is 0 Å². The Morgan fingerprint density at radius 1 is 1.00 bits per heavy atom. The predicted molar refractivity (Wildman–Crippen MR) is 119 cm³/mol. The first-order valence-electron chi connectivity index (χ1n) is 11.0. The Labute approximate surface area is 186 Å². The molecule has 2 aliphatic heterocycles. The molecule has 5 rings (SSSR count). The van der Waals surface area contributed by atoms with E-state index >= 15 is 0 Å². The lowest BCUT2D eigenvalue weighted by Crippen LogP contribution is -2.71. The summed E-state index contributed by atoms with van der Waals surface area (Å²) in [6.45, 7) is 2.70.